The van der Waals surface area contributed by atoms with Crippen molar-refractivity contribution in [3.63, 3.8) is 0 Å². The Balaban J connectivity index is 1.74. The molecule has 1 atom stereocenters. The number of carbonyl (C=O) groups is 1. The van der Waals surface area contributed by atoms with Gasteiger partial charge in [0.2, 0.25) is 0 Å². The van der Waals surface area contributed by atoms with Gasteiger partial charge in [0.1, 0.15) is 16.4 Å². The molecule has 0 radical (unpaired) electrons. The standard InChI is InChI=1S/C21H25N3O3S/c1-21(2,3)27-20(25)24(4)12-9-18(19-23-11-13-28-19)26-17-7-5-6-15-8-10-22-14-16(15)17/h5-8,10-11,13-14,18H,9,12H2,1-4H3. The fourth-order valence-electron chi connectivity index (χ4n) is 2.71. The first-order valence-corrected chi connectivity index (χ1v) is 10.0. The van der Waals surface area contributed by atoms with Gasteiger partial charge < -0.3 is 14.4 Å². The number of ether oxygens (including phenoxy) is 2. The number of hydrogen-bond donors (Lipinski definition) is 0. The number of fused-ring (bicyclic) bond motifs is 1. The average molecular weight is 400 g/mol. The van der Waals surface area contributed by atoms with Gasteiger partial charge in [0, 0.05) is 49.4 Å². The van der Waals surface area contributed by atoms with E-state index in [2.05, 4.69) is 9.97 Å². The van der Waals surface area contributed by atoms with E-state index in [-0.39, 0.29) is 12.2 Å². The zero-order chi connectivity index (χ0) is 20.1. The Hall–Kier alpha value is -2.67. The molecule has 7 heteroatoms. The lowest BCUT2D eigenvalue weighted by Crippen LogP contribution is -2.35. The van der Waals surface area contributed by atoms with Crippen LogP contribution in [0, 0.1) is 0 Å². The van der Waals surface area contributed by atoms with Crippen molar-refractivity contribution in [3.05, 3.63) is 53.2 Å². The van der Waals surface area contributed by atoms with E-state index in [0.717, 1.165) is 21.5 Å². The Labute approximate surface area is 169 Å². The summed E-state index contributed by atoms with van der Waals surface area (Å²) in [6.07, 6.45) is 5.31. The van der Waals surface area contributed by atoms with Gasteiger partial charge in [-0.15, -0.1) is 11.3 Å². The number of thiazole rings is 1. The molecular weight excluding hydrogens is 374 g/mol. The maximum atomic E-state index is 12.2. The van der Waals surface area contributed by atoms with Gasteiger partial charge in [0.05, 0.1) is 0 Å². The third-order valence-corrected chi connectivity index (χ3v) is 4.94. The van der Waals surface area contributed by atoms with Crippen LogP contribution in [-0.2, 0) is 4.74 Å². The number of carbonyl (C=O) groups excluding carboxylic acids is 1. The lowest BCUT2D eigenvalue weighted by atomic mass is 10.1. The molecule has 1 aromatic carbocycles. The summed E-state index contributed by atoms with van der Waals surface area (Å²) in [4.78, 5) is 22.4. The highest BCUT2D eigenvalue weighted by atomic mass is 32.1. The highest BCUT2D eigenvalue weighted by Crippen LogP contribution is 2.31. The second kappa shape index (κ2) is 8.56. The fraction of sp³-hybridized carbons (Fsp3) is 0.381. The summed E-state index contributed by atoms with van der Waals surface area (Å²) in [5, 5.41) is 4.82. The van der Waals surface area contributed by atoms with Gasteiger partial charge in [0.15, 0.2) is 6.10 Å². The van der Waals surface area contributed by atoms with Gasteiger partial charge in [-0.2, -0.15) is 0 Å². The first-order chi connectivity index (χ1) is 13.3. The van der Waals surface area contributed by atoms with Gasteiger partial charge in [-0.1, -0.05) is 12.1 Å². The highest BCUT2D eigenvalue weighted by molar-refractivity contribution is 7.09. The van der Waals surface area contributed by atoms with Gasteiger partial charge in [-0.25, -0.2) is 9.78 Å². The normalized spacial score (nSPS) is 12.6. The molecule has 0 saturated carbocycles. The van der Waals surface area contributed by atoms with Crippen LogP contribution in [0.15, 0.2) is 48.2 Å². The molecule has 6 nitrogen and oxygen atoms in total. The van der Waals surface area contributed by atoms with Crippen LogP contribution >= 0.6 is 11.3 Å². The summed E-state index contributed by atoms with van der Waals surface area (Å²) in [6.45, 7) is 6.06. The number of pyridine rings is 1. The summed E-state index contributed by atoms with van der Waals surface area (Å²) in [5.41, 5.74) is -0.521. The Morgan fingerprint density at radius 1 is 1.25 bits per heavy atom. The van der Waals surface area contributed by atoms with Gasteiger partial charge in [-0.05, 0) is 38.3 Å². The van der Waals surface area contributed by atoms with E-state index in [4.69, 9.17) is 9.47 Å². The molecule has 3 aromatic rings. The van der Waals surface area contributed by atoms with Crippen LogP contribution in [0.4, 0.5) is 4.79 Å². The minimum absolute atomic E-state index is 0.268. The molecule has 0 aliphatic rings. The Bertz CT molecular complexity index is 917. The Morgan fingerprint density at radius 2 is 2.07 bits per heavy atom. The molecule has 3 rings (SSSR count). The molecule has 0 spiro atoms. The van der Waals surface area contributed by atoms with Crippen LogP contribution in [0.5, 0.6) is 5.75 Å². The smallest absolute Gasteiger partial charge is 0.410 e. The van der Waals surface area contributed by atoms with Crippen molar-refractivity contribution in [2.24, 2.45) is 0 Å². The van der Waals surface area contributed by atoms with Crippen molar-refractivity contribution < 1.29 is 14.3 Å². The fourth-order valence-corrected chi connectivity index (χ4v) is 3.41. The first-order valence-electron chi connectivity index (χ1n) is 9.16. The second-order valence-corrected chi connectivity index (χ2v) is 8.45. The summed E-state index contributed by atoms with van der Waals surface area (Å²) < 4.78 is 11.8. The largest absolute Gasteiger partial charge is 0.482 e. The number of rotatable bonds is 6. The lowest BCUT2D eigenvalue weighted by Gasteiger charge is -2.26. The summed E-state index contributed by atoms with van der Waals surface area (Å²) >= 11 is 1.54. The number of hydrogen-bond acceptors (Lipinski definition) is 6. The maximum absolute atomic E-state index is 12.2. The van der Waals surface area contributed by atoms with E-state index in [1.807, 2.05) is 50.4 Å². The zero-order valence-corrected chi connectivity index (χ0v) is 17.4. The zero-order valence-electron chi connectivity index (χ0n) is 16.6. The van der Waals surface area contributed by atoms with Crippen molar-refractivity contribution in [2.45, 2.75) is 38.9 Å². The van der Waals surface area contributed by atoms with Crippen molar-refractivity contribution in [2.75, 3.05) is 13.6 Å². The summed E-state index contributed by atoms with van der Waals surface area (Å²) in [5.74, 6) is 0.755. The summed E-state index contributed by atoms with van der Waals surface area (Å²) in [6, 6.07) is 7.88. The first kappa shape index (κ1) is 20.1. The topological polar surface area (TPSA) is 64.5 Å². The molecular formula is C21H25N3O3S. The quantitative estimate of drug-likeness (QED) is 0.579. The van der Waals surface area contributed by atoms with E-state index < -0.39 is 5.60 Å². The molecule has 0 aliphatic carbocycles. The molecule has 1 amide bonds. The molecule has 0 saturated heterocycles. The van der Waals surface area contributed by atoms with Crippen LogP contribution in [0.1, 0.15) is 38.3 Å². The number of aromatic nitrogens is 2. The minimum atomic E-state index is -0.521. The minimum Gasteiger partial charge on any atom is -0.482 e. The van der Waals surface area contributed by atoms with Crippen LogP contribution in [-0.4, -0.2) is 40.2 Å². The Morgan fingerprint density at radius 3 is 2.79 bits per heavy atom. The highest BCUT2D eigenvalue weighted by Gasteiger charge is 2.23. The maximum Gasteiger partial charge on any atom is 0.410 e. The van der Waals surface area contributed by atoms with Crippen LogP contribution in [0.25, 0.3) is 10.8 Å². The van der Waals surface area contributed by atoms with Crippen molar-refractivity contribution in [3.8, 4) is 5.75 Å². The second-order valence-electron chi connectivity index (χ2n) is 7.52. The predicted molar refractivity (Wildman–Crippen MR) is 111 cm³/mol. The molecule has 1 unspecified atom stereocenters. The number of amides is 1. The molecule has 28 heavy (non-hydrogen) atoms. The molecule has 0 bridgehead atoms. The van der Waals surface area contributed by atoms with Crippen LogP contribution < -0.4 is 4.74 Å². The lowest BCUT2D eigenvalue weighted by molar-refractivity contribution is 0.0278. The monoisotopic (exact) mass is 399 g/mol. The third-order valence-electron chi connectivity index (χ3n) is 4.07. The van der Waals surface area contributed by atoms with E-state index in [9.17, 15) is 4.79 Å². The van der Waals surface area contributed by atoms with E-state index in [1.54, 1.807) is 30.5 Å². The molecule has 0 fully saturated rings. The van der Waals surface area contributed by atoms with Gasteiger partial charge >= 0.3 is 6.09 Å². The number of nitrogens with zero attached hydrogens (tertiary/aromatic N) is 3. The SMILES string of the molecule is CN(CCC(Oc1cccc2ccncc12)c1nccs1)C(=O)OC(C)(C)C. The molecule has 2 heterocycles. The molecule has 0 N–H and O–H groups in total. The van der Waals surface area contributed by atoms with Crippen LogP contribution in [0.2, 0.25) is 0 Å². The predicted octanol–water partition coefficient (Wildman–Crippen LogP) is 5.07. The van der Waals surface area contributed by atoms with E-state index >= 15 is 0 Å². The van der Waals surface area contributed by atoms with Gasteiger partial charge in [-0.3, -0.25) is 4.98 Å². The average Bonchev–Trinajstić information content (AvgIpc) is 3.18. The molecule has 2 aromatic heterocycles. The summed E-state index contributed by atoms with van der Waals surface area (Å²) in [7, 11) is 1.73. The van der Waals surface area contributed by atoms with Crippen molar-refractivity contribution >= 4 is 28.2 Å². The van der Waals surface area contributed by atoms with Crippen LogP contribution in [0.3, 0.4) is 0 Å². The van der Waals surface area contributed by atoms with Crippen molar-refractivity contribution in [1.29, 1.82) is 0 Å². The third kappa shape index (κ3) is 5.19. The number of benzene rings is 1. The molecule has 0 aliphatic heterocycles. The van der Waals surface area contributed by atoms with E-state index in [0.29, 0.717) is 13.0 Å². The van der Waals surface area contributed by atoms with Crippen molar-refractivity contribution in [1.82, 2.24) is 14.9 Å². The van der Waals surface area contributed by atoms with E-state index in [1.165, 1.54) is 11.3 Å². The Kier molecular flexibility index (Phi) is 6.14. The van der Waals surface area contributed by atoms with Gasteiger partial charge in [0.25, 0.3) is 0 Å². The molecule has 148 valence electrons.